The minimum absolute atomic E-state index is 0.194. The van der Waals surface area contributed by atoms with Crippen LogP contribution in [0.3, 0.4) is 0 Å². The fraction of sp³-hybridized carbons (Fsp3) is 0.370. The van der Waals surface area contributed by atoms with Gasteiger partial charge in [0.25, 0.3) is 0 Å². The van der Waals surface area contributed by atoms with E-state index >= 15 is 0 Å². The van der Waals surface area contributed by atoms with Crippen molar-refractivity contribution in [3.63, 3.8) is 0 Å². The van der Waals surface area contributed by atoms with Crippen molar-refractivity contribution in [1.82, 2.24) is 15.0 Å². The van der Waals surface area contributed by atoms with Gasteiger partial charge in [-0.15, -0.1) is 0 Å². The number of hydrogen-bond donors (Lipinski definition) is 2. The summed E-state index contributed by atoms with van der Waals surface area (Å²) in [6.45, 7) is 2.23. The number of aromatic amines is 1. The molecule has 0 radical (unpaired) electrons. The predicted octanol–water partition coefficient (Wildman–Crippen LogP) is 5.67. The molecule has 2 aromatic carbocycles. The highest BCUT2D eigenvalue weighted by Crippen LogP contribution is 2.58. The van der Waals surface area contributed by atoms with Crippen molar-refractivity contribution in [2.45, 2.75) is 44.4 Å². The molecule has 2 aromatic heterocycles. The Morgan fingerprint density at radius 1 is 1.12 bits per heavy atom. The van der Waals surface area contributed by atoms with Crippen molar-refractivity contribution in [1.29, 1.82) is 0 Å². The van der Waals surface area contributed by atoms with Gasteiger partial charge in [-0.05, 0) is 97.4 Å². The molecule has 2 bridgehead atoms. The maximum atomic E-state index is 13.9. The quantitative estimate of drug-likeness (QED) is 0.417. The number of amides is 1. The van der Waals surface area contributed by atoms with E-state index in [-0.39, 0.29) is 5.82 Å². The number of primary amides is 1. The number of halogens is 1. The molecule has 2 aliphatic carbocycles. The molecule has 2 aliphatic rings. The van der Waals surface area contributed by atoms with Gasteiger partial charge < -0.3 is 10.7 Å². The SMILES string of the molecule is C[C@H](CC1CC2CC1CC2c1ccnc2ccc(F)cc12)c1nc2cc(C(N)=O)ccc2[nH]1. The van der Waals surface area contributed by atoms with Crippen LogP contribution < -0.4 is 5.73 Å². The van der Waals surface area contributed by atoms with Gasteiger partial charge in [-0.25, -0.2) is 9.37 Å². The zero-order valence-corrected chi connectivity index (χ0v) is 18.6. The van der Waals surface area contributed by atoms with Crippen LogP contribution in [0, 0.1) is 23.6 Å². The van der Waals surface area contributed by atoms with Crippen LogP contribution in [0.15, 0.2) is 48.7 Å². The lowest BCUT2D eigenvalue weighted by Gasteiger charge is -2.30. The third-order valence-electron chi connectivity index (χ3n) is 8.05. The van der Waals surface area contributed by atoms with Crippen LogP contribution in [0.1, 0.15) is 66.2 Å². The summed E-state index contributed by atoms with van der Waals surface area (Å²) < 4.78 is 13.9. The number of rotatable bonds is 5. The molecule has 0 aliphatic heterocycles. The molecule has 5 nitrogen and oxygen atoms in total. The molecule has 6 heteroatoms. The van der Waals surface area contributed by atoms with Crippen molar-refractivity contribution >= 4 is 27.8 Å². The number of fused-ring (bicyclic) bond motifs is 4. The highest BCUT2D eigenvalue weighted by Gasteiger charge is 2.46. The van der Waals surface area contributed by atoms with E-state index in [0.717, 1.165) is 34.2 Å². The van der Waals surface area contributed by atoms with Crippen molar-refractivity contribution in [2.75, 3.05) is 0 Å². The molecule has 168 valence electrons. The molecule has 2 heterocycles. The van der Waals surface area contributed by atoms with Crippen LogP contribution >= 0.6 is 0 Å². The van der Waals surface area contributed by atoms with Crippen LogP contribution in [0.5, 0.6) is 0 Å². The van der Waals surface area contributed by atoms with E-state index in [0.29, 0.717) is 35.2 Å². The summed E-state index contributed by atoms with van der Waals surface area (Å²) in [4.78, 5) is 24.1. The second kappa shape index (κ2) is 7.65. The predicted molar refractivity (Wildman–Crippen MR) is 126 cm³/mol. The minimum atomic E-state index is -0.434. The molecule has 4 unspecified atom stereocenters. The van der Waals surface area contributed by atoms with Gasteiger partial charge in [0.05, 0.1) is 16.6 Å². The maximum absolute atomic E-state index is 13.9. The Morgan fingerprint density at radius 2 is 2.00 bits per heavy atom. The topological polar surface area (TPSA) is 84.7 Å². The second-order valence-corrected chi connectivity index (χ2v) is 10.0. The number of pyridine rings is 1. The van der Waals surface area contributed by atoms with E-state index in [1.807, 2.05) is 12.3 Å². The molecule has 5 atom stereocenters. The smallest absolute Gasteiger partial charge is 0.248 e. The maximum Gasteiger partial charge on any atom is 0.248 e. The Morgan fingerprint density at radius 3 is 2.79 bits per heavy atom. The second-order valence-electron chi connectivity index (χ2n) is 10.0. The van der Waals surface area contributed by atoms with Crippen molar-refractivity contribution < 1.29 is 9.18 Å². The standard InChI is InChI=1S/C27H27FN4O/c1-14(27-31-24-4-2-15(26(29)33)12-25(24)32-27)8-16-9-18-10-17(16)11-21(18)20-6-7-30-23-5-3-19(28)13-22(20)23/h2-7,12-14,16-18,21H,8-11H2,1H3,(H2,29,33)(H,31,32)/t14-,16?,17?,18?,21?/m1/s1. The molecule has 4 aromatic rings. The van der Waals surface area contributed by atoms with Gasteiger partial charge in [0.1, 0.15) is 11.6 Å². The molecular weight excluding hydrogens is 415 g/mol. The number of nitrogens with zero attached hydrogens (tertiary/aromatic N) is 2. The summed E-state index contributed by atoms with van der Waals surface area (Å²) in [6, 6.07) is 12.4. The Labute approximate surface area is 191 Å². The van der Waals surface area contributed by atoms with Gasteiger partial charge in [-0.1, -0.05) is 6.92 Å². The van der Waals surface area contributed by atoms with Gasteiger partial charge in [-0.3, -0.25) is 9.78 Å². The zero-order chi connectivity index (χ0) is 22.7. The first-order valence-electron chi connectivity index (χ1n) is 11.8. The van der Waals surface area contributed by atoms with E-state index in [2.05, 4.69) is 23.0 Å². The summed E-state index contributed by atoms with van der Waals surface area (Å²) >= 11 is 0. The molecule has 3 N–H and O–H groups in total. The highest BCUT2D eigenvalue weighted by atomic mass is 19.1. The molecular formula is C27H27FN4O. The summed E-state index contributed by atoms with van der Waals surface area (Å²) in [5.41, 5.74) is 9.76. The number of hydrogen-bond acceptors (Lipinski definition) is 3. The summed E-state index contributed by atoms with van der Waals surface area (Å²) in [5, 5.41) is 0.970. The number of imidazole rings is 1. The van der Waals surface area contributed by atoms with Crippen LogP contribution in [0.2, 0.25) is 0 Å². The molecule has 2 fully saturated rings. The Bertz CT molecular complexity index is 1380. The molecule has 6 rings (SSSR count). The number of carbonyl (C=O) groups excluding carboxylic acids is 1. The minimum Gasteiger partial charge on any atom is -0.366 e. The van der Waals surface area contributed by atoms with Crippen LogP contribution in [-0.4, -0.2) is 20.9 Å². The number of carbonyl (C=O) groups is 1. The number of benzene rings is 2. The average molecular weight is 443 g/mol. The van der Waals surface area contributed by atoms with Crippen LogP contribution in [-0.2, 0) is 0 Å². The number of H-pyrrole nitrogens is 1. The third-order valence-corrected chi connectivity index (χ3v) is 8.05. The number of nitrogens with one attached hydrogen (secondary N) is 1. The third kappa shape index (κ3) is 3.48. The van der Waals surface area contributed by atoms with E-state index in [4.69, 9.17) is 10.7 Å². The van der Waals surface area contributed by atoms with Crippen molar-refractivity contribution in [3.05, 3.63) is 71.4 Å². The summed E-state index contributed by atoms with van der Waals surface area (Å²) in [5.74, 6) is 3.18. The van der Waals surface area contributed by atoms with Gasteiger partial charge in [-0.2, -0.15) is 0 Å². The van der Waals surface area contributed by atoms with Crippen LogP contribution in [0.4, 0.5) is 4.39 Å². The lowest BCUT2D eigenvalue weighted by atomic mass is 9.75. The lowest BCUT2D eigenvalue weighted by molar-refractivity contribution is 0.100. The zero-order valence-electron chi connectivity index (χ0n) is 18.6. The Balaban J connectivity index is 1.18. The molecule has 1 amide bonds. The van der Waals surface area contributed by atoms with Gasteiger partial charge in [0.2, 0.25) is 5.91 Å². The van der Waals surface area contributed by atoms with Gasteiger partial charge in [0, 0.05) is 23.1 Å². The fourth-order valence-electron chi connectivity index (χ4n) is 6.51. The molecule has 0 saturated heterocycles. The highest BCUT2D eigenvalue weighted by molar-refractivity contribution is 5.96. The number of aromatic nitrogens is 3. The Kier molecular flexibility index (Phi) is 4.71. The first-order chi connectivity index (χ1) is 16.0. The monoisotopic (exact) mass is 442 g/mol. The first kappa shape index (κ1) is 20.3. The summed E-state index contributed by atoms with van der Waals surface area (Å²) in [7, 11) is 0. The first-order valence-corrected chi connectivity index (χ1v) is 11.8. The van der Waals surface area contributed by atoms with E-state index in [1.54, 1.807) is 24.3 Å². The molecule has 2 saturated carbocycles. The average Bonchev–Trinajstić information content (AvgIpc) is 3.52. The largest absolute Gasteiger partial charge is 0.366 e. The van der Waals surface area contributed by atoms with Gasteiger partial charge >= 0.3 is 0 Å². The Hall–Kier alpha value is -3.28. The van der Waals surface area contributed by atoms with Crippen LogP contribution in [0.25, 0.3) is 21.9 Å². The lowest BCUT2D eigenvalue weighted by Crippen LogP contribution is -2.19. The molecule has 33 heavy (non-hydrogen) atoms. The van der Waals surface area contributed by atoms with Crippen molar-refractivity contribution in [2.24, 2.45) is 23.5 Å². The van der Waals surface area contributed by atoms with E-state index in [9.17, 15) is 9.18 Å². The number of nitrogens with two attached hydrogens (primary N) is 1. The van der Waals surface area contributed by atoms with Gasteiger partial charge in [0.15, 0.2) is 0 Å². The molecule has 0 spiro atoms. The fourth-order valence-corrected chi connectivity index (χ4v) is 6.51. The normalized spacial score (nSPS) is 25.2. The van der Waals surface area contributed by atoms with E-state index in [1.165, 1.54) is 30.9 Å². The van der Waals surface area contributed by atoms with Crippen molar-refractivity contribution in [3.8, 4) is 0 Å². The van der Waals surface area contributed by atoms with E-state index < -0.39 is 5.91 Å². The summed E-state index contributed by atoms with van der Waals surface area (Å²) in [6.07, 6.45) is 6.60.